The minimum Gasteiger partial charge on any atom is -0.393 e. The van der Waals surface area contributed by atoms with Crippen LogP contribution < -0.4 is 5.32 Å². The molecule has 1 aliphatic carbocycles. The second-order valence-electron chi connectivity index (χ2n) is 6.77. The molecule has 2 aromatic rings. The number of hydrogen-bond donors (Lipinski definition) is 3. The van der Waals surface area contributed by atoms with Gasteiger partial charge < -0.3 is 10.4 Å². The van der Waals surface area contributed by atoms with Gasteiger partial charge in [-0.3, -0.25) is 5.10 Å². The quantitative estimate of drug-likeness (QED) is 0.793. The number of hydrogen-bond acceptors (Lipinski definition) is 3. The summed E-state index contributed by atoms with van der Waals surface area (Å²) in [6.07, 6.45) is 5.67. The van der Waals surface area contributed by atoms with E-state index in [1.54, 1.807) is 18.3 Å². The van der Waals surface area contributed by atoms with Crippen molar-refractivity contribution in [2.24, 2.45) is 5.41 Å². The second kappa shape index (κ2) is 6.81. The van der Waals surface area contributed by atoms with E-state index in [9.17, 15) is 9.50 Å². The molecule has 1 saturated carbocycles. The number of rotatable bonds is 5. The van der Waals surface area contributed by atoms with Gasteiger partial charge in [0.2, 0.25) is 0 Å². The Morgan fingerprint density at radius 3 is 3.00 bits per heavy atom. The maximum Gasteiger partial charge on any atom is 0.132 e. The molecule has 0 radical (unpaired) electrons. The van der Waals surface area contributed by atoms with Crippen molar-refractivity contribution in [2.75, 3.05) is 6.54 Å². The smallest absolute Gasteiger partial charge is 0.132 e. The summed E-state index contributed by atoms with van der Waals surface area (Å²) in [5.41, 5.74) is 2.10. The zero-order valence-electron chi connectivity index (χ0n) is 13.5. The van der Waals surface area contributed by atoms with Crippen molar-refractivity contribution in [2.45, 2.75) is 45.3 Å². The fourth-order valence-corrected chi connectivity index (χ4v) is 3.41. The lowest BCUT2D eigenvalue weighted by Crippen LogP contribution is -2.43. The van der Waals surface area contributed by atoms with Gasteiger partial charge in [0.25, 0.3) is 0 Å². The third-order valence-electron chi connectivity index (χ3n) is 4.99. The molecule has 3 rings (SSSR count). The molecule has 0 amide bonds. The van der Waals surface area contributed by atoms with Crippen molar-refractivity contribution < 1.29 is 9.50 Å². The Hall–Kier alpha value is -1.72. The molecule has 2 atom stereocenters. The maximum absolute atomic E-state index is 14.0. The summed E-state index contributed by atoms with van der Waals surface area (Å²) in [5, 5.41) is 20.6. The number of halogens is 1. The molecule has 4 nitrogen and oxygen atoms in total. The lowest BCUT2D eigenvalue weighted by molar-refractivity contribution is 0.00116. The number of aliphatic hydroxyl groups excluding tert-OH is 1. The standard InChI is InChI=1S/C18H24FN3O/c1-18(9-5-4-8-16(18)23)12-20-10-13-11-21-22-17(13)14-6-2-3-7-15(14)19/h2-3,6-7,11,16,20,23H,4-5,8-10,12H2,1H3,(H,21,22). The zero-order chi connectivity index (χ0) is 16.3. The number of aromatic amines is 1. The van der Waals surface area contributed by atoms with Crippen molar-refractivity contribution in [3.05, 3.63) is 41.8 Å². The van der Waals surface area contributed by atoms with Crippen LogP contribution in [0.2, 0.25) is 0 Å². The van der Waals surface area contributed by atoms with Gasteiger partial charge in [-0.15, -0.1) is 0 Å². The predicted molar refractivity (Wildman–Crippen MR) is 88.3 cm³/mol. The van der Waals surface area contributed by atoms with E-state index in [0.29, 0.717) is 17.8 Å². The highest BCUT2D eigenvalue weighted by molar-refractivity contribution is 5.63. The Kier molecular flexibility index (Phi) is 4.78. The van der Waals surface area contributed by atoms with E-state index < -0.39 is 0 Å². The van der Waals surface area contributed by atoms with Crippen LogP contribution in [0.5, 0.6) is 0 Å². The van der Waals surface area contributed by atoms with Gasteiger partial charge in [0.05, 0.1) is 18.0 Å². The topological polar surface area (TPSA) is 60.9 Å². The Balaban J connectivity index is 1.66. The summed E-state index contributed by atoms with van der Waals surface area (Å²) < 4.78 is 14.0. The van der Waals surface area contributed by atoms with E-state index in [2.05, 4.69) is 22.4 Å². The first-order chi connectivity index (χ1) is 11.1. The summed E-state index contributed by atoms with van der Waals surface area (Å²) >= 11 is 0. The molecule has 1 fully saturated rings. The molecule has 23 heavy (non-hydrogen) atoms. The highest BCUT2D eigenvalue weighted by Crippen LogP contribution is 2.35. The van der Waals surface area contributed by atoms with Gasteiger partial charge in [0, 0.05) is 29.6 Å². The van der Waals surface area contributed by atoms with E-state index in [1.807, 2.05) is 6.07 Å². The Morgan fingerprint density at radius 2 is 2.22 bits per heavy atom. The SMILES string of the molecule is CC1(CNCc2cn[nH]c2-c2ccccc2F)CCCCC1O. The van der Waals surface area contributed by atoms with Crippen LogP contribution in [0.3, 0.4) is 0 Å². The number of aliphatic hydroxyl groups is 1. The van der Waals surface area contributed by atoms with Crippen molar-refractivity contribution >= 4 is 0 Å². The molecule has 0 aliphatic heterocycles. The van der Waals surface area contributed by atoms with E-state index >= 15 is 0 Å². The number of benzene rings is 1. The van der Waals surface area contributed by atoms with E-state index in [-0.39, 0.29) is 17.3 Å². The minimum atomic E-state index is -0.257. The Morgan fingerprint density at radius 1 is 1.39 bits per heavy atom. The van der Waals surface area contributed by atoms with Gasteiger partial charge in [-0.05, 0) is 25.0 Å². The second-order valence-corrected chi connectivity index (χ2v) is 6.77. The highest BCUT2D eigenvalue weighted by atomic mass is 19.1. The number of aromatic nitrogens is 2. The monoisotopic (exact) mass is 317 g/mol. The molecule has 5 heteroatoms. The summed E-state index contributed by atoms with van der Waals surface area (Å²) in [5.74, 6) is -0.257. The highest BCUT2D eigenvalue weighted by Gasteiger charge is 2.34. The first kappa shape index (κ1) is 16.1. The average molecular weight is 317 g/mol. The molecule has 1 aromatic carbocycles. The normalized spacial score (nSPS) is 24.7. The first-order valence-electron chi connectivity index (χ1n) is 8.26. The number of H-pyrrole nitrogens is 1. The van der Waals surface area contributed by atoms with Crippen LogP contribution in [0, 0.1) is 11.2 Å². The minimum absolute atomic E-state index is 0.0832. The molecular formula is C18H24FN3O. The molecule has 1 aromatic heterocycles. The molecular weight excluding hydrogens is 293 g/mol. The van der Waals surface area contributed by atoms with E-state index in [4.69, 9.17) is 0 Å². The maximum atomic E-state index is 14.0. The molecule has 1 aliphatic rings. The zero-order valence-corrected chi connectivity index (χ0v) is 13.5. The summed E-state index contributed by atoms with van der Waals surface area (Å²) in [6, 6.07) is 6.69. The summed E-state index contributed by atoms with van der Waals surface area (Å²) in [4.78, 5) is 0. The molecule has 0 bridgehead atoms. The Bertz CT molecular complexity index is 657. The number of nitrogens with one attached hydrogen (secondary N) is 2. The van der Waals surface area contributed by atoms with Gasteiger partial charge in [-0.2, -0.15) is 5.10 Å². The first-order valence-corrected chi connectivity index (χ1v) is 8.26. The van der Waals surface area contributed by atoms with Crippen LogP contribution in [0.25, 0.3) is 11.3 Å². The molecule has 3 N–H and O–H groups in total. The largest absolute Gasteiger partial charge is 0.393 e. The van der Waals surface area contributed by atoms with Crippen molar-refractivity contribution in [1.29, 1.82) is 0 Å². The van der Waals surface area contributed by atoms with Crippen LogP contribution in [-0.4, -0.2) is 28.0 Å². The molecule has 0 spiro atoms. The van der Waals surface area contributed by atoms with Crippen LogP contribution in [0.4, 0.5) is 4.39 Å². The van der Waals surface area contributed by atoms with Crippen LogP contribution in [-0.2, 0) is 6.54 Å². The van der Waals surface area contributed by atoms with Crippen molar-refractivity contribution in [1.82, 2.24) is 15.5 Å². The molecule has 0 saturated heterocycles. The van der Waals surface area contributed by atoms with Crippen LogP contribution >= 0.6 is 0 Å². The lowest BCUT2D eigenvalue weighted by Gasteiger charge is -2.38. The third kappa shape index (κ3) is 3.46. The molecule has 1 heterocycles. The van der Waals surface area contributed by atoms with Gasteiger partial charge >= 0.3 is 0 Å². The van der Waals surface area contributed by atoms with Gasteiger partial charge in [-0.25, -0.2) is 4.39 Å². The van der Waals surface area contributed by atoms with Gasteiger partial charge in [0.15, 0.2) is 0 Å². The summed E-state index contributed by atoms with van der Waals surface area (Å²) in [7, 11) is 0. The van der Waals surface area contributed by atoms with Crippen LogP contribution in [0.1, 0.15) is 38.2 Å². The number of nitrogens with zero attached hydrogens (tertiary/aromatic N) is 1. The van der Waals surface area contributed by atoms with Crippen LogP contribution in [0.15, 0.2) is 30.5 Å². The third-order valence-corrected chi connectivity index (χ3v) is 4.99. The predicted octanol–water partition coefficient (Wildman–Crippen LogP) is 3.25. The fraction of sp³-hybridized carbons (Fsp3) is 0.500. The van der Waals surface area contributed by atoms with Crippen molar-refractivity contribution in [3.8, 4) is 11.3 Å². The van der Waals surface area contributed by atoms with Gasteiger partial charge in [0.1, 0.15) is 5.82 Å². The van der Waals surface area contributed by atoms with Gasteiger partial charge in [-0.1, -0.05) is 31.9 Å². The Labute approximate surface area is 136 Å². The summed E-state index contributed by atoms with van der Waals surface area (Å²) in [6.45, 7) is 3.48. The van der Waals surface area contributed by atoms with Crippen molar-refractivity contribution in [3.63, 3.8) is 0 Å². The lowest BCUT2D eigenvalue weighted by atomic mass is 9.73. The average Bonchev–Trinajstić information content (AvgIpc) is 2.99. The van der Waals surface area contributed by atoms with E-state index in [1.165, 1.54) is 12.5 Å². The fourth-order valence-electron chi connectivity index (χ4n) is 3.41. The molecule has 124 valence electrons. The molecule has 2 unspecified atom stereocenters. The van der Waals surface area contributed by atoms with E-state index in [0.717, 1.165) is 31.4 Å².